The molecule has 0 bridgehead atoms. The fourth-order valence-electron chi connectivity index (χ4n) is 3.93. The summed E-state index contributed by atoms with van der Waals surface area (Å²) in [5.41, 5.74) is 0.803. The fraction of sp³-hybridized carbons (Fsp3) is 0.478. The number of carbonyl (C=O) groups excluding carboxylic acids is 1. The van der Waals surface area contributed by atoms with Gasteiger partial charge in [0.25, 0.3) is 11.5 Å². The van der Waals surface area contributed by atoms with E-state index in [4.69, 9.17) is 21.9 Å². The summed E-state index contributed by atoms with van der Waals surface area (Å²) in [5, 5.41) is 0. The van der Waals surface area contributed by atoms with Gasteiger partial charge in [0.1, 0.15) is 15.8 Å². The standard InChI is InChI=1S/C23H28N4O3S2/c1-2-3-4-5-7-11-27-22(29)18(32-23(27)31)16-17-20(25-12-14-30-15-13-25)24-19-9-6-8-10-26(19)21(17)28/h6,8-10,16H,2-5,7,11-15H2,1H3. The molecule has 1 amide bonds. The van der Waals surface area contributed by atoms with E-state index >= 15 is 0 Å². The van der Waals surface area contributed by atoms with Crippen LogP contribution >= 0.6 is 24.0 Å². The number of morpholine rings is 1. The van der Waals surface area contributed by atoms with Crippen molar-refractivity contribution in [3.8, 4) is 0 Å². The molecule has 2 saturated heterocycles. The molecular formula is C23H28N4O3S2. The number of ether oxygens (including phenoxy) is 1. The van der Waals surface area contributed by atoms with Crippen LogP contribution in [-0.2, 0) is 9.53 Å². The largest absolute Gasteiger partial charge is 0.378 e. The molecule has 0 radical (unpaired) electrons. The first-order valence-electron chi connectivity index (χ1n) is 11.2. The number of rotatable bonds is 8. The molecule has 4 rings (SSSR count). The molecule has 4 heterocycles. The lowest BCUT2D eigenvalue weighted by Gasteiger charge is -2.29. The Labute approximate surface area is 197 Å². The van der Waals surface area contributed by atoms with Crippen molar-refractivity contribution in [1.82, 2.24) is 14.3 Å². The van der Waals surface area contributed by atoms with E-state index in [0.29, 0.717) is 59.1 Å². The molecule has 0 saturated carbocycles. The Balaban J connectivity index is 1.65. The van der Waals surface area contributed by atoms with Crippen LogP contribution in [0.5, 0.6) is 0 Å². The van der Waals surface area contributed by atoms with E-state index in [1.165, 1.54) is 35.4 Å². The Morgan fingerprint density at radius 1 is 1.16 bits per heavy atom. The summed E-state index contributed by atoms with van der Waals surface area (Å²) in [7, 11) is 0. The van der Waals surface area contributed by atoms with Gasteiger partial charge >= 0.3 is 0 Å². The van der Waals surface area contributed by atoms with E-state index in [9.17, 15) is 9.59 Å². The van der Waals surface area contributed by atoms with Gasteiger partial charge in [-0.1, -0.05) is 62.7 Å². The monoisotopic (exact) mass is 472 g/mol. The van der Waals surface area contributed by atoms with Crippen molar-refractivity contribution >= 4 is 51.7 Å². The van der Waals surface area contributed by atoms with Crippen LogP contribution in [0.2, 0.25) is 0 Å². The maximum atomic E-state index is 13.4. The highest BCUT2D eigenvalue weighted by Crippen LogP contribution is 2.33. The summed E-state index contributed by atoms with van der Waals surface area (Å²) in [6.45, 7) is 5.26. The number of hydrogen-bond acceptors (Lipinski definition) is 7. The van der Waals surface area contributed by atoms with Crippen molar-refractivity contribution in [2.24, 2.45) is 0 Å². The van der Waals surface area contributed by atoms with Gasteiger partial charge < -0.3 is 9.64 Å². The van der Waals surface area contributed by atoms with Crippen LogP contribution in [0, 0.1) is 0 Å². The molecule has 2 aliphatic rings. The number of aromatic nitrogens is 2. The second-order valence-electron chi connectivity index (χ2n) is 7.93. The lowest BCUT2D eigenvalue weighted by Crippen LogP contribution is -2.38. The Hall–Kier alpha value is -2.23. The molecular weight excluding hydrogens is 444 g/mol. The SMILES string of the molecule is CCCCCCCN1C(=O)C(=Cc2c(N3CCOCC3)nc3ccccn3c2=O)SC1=S. The van der Waals surface area contributed by atoms with Crippen LogP contribution < -0.4 is 10.5 Å². The molecule has 0 spiro atoms. The first-order valence-corrected chi connectivity index (χ1v) is 12.4. The van der Waals surface area contributed by atoms with Gasteiger partial charge in [0.2, 0.25) is 0 Å². The molecule has 0 aliphatic carbocycles. The third-order valence-corrected chi connectivity index (χ3v) is 7.07. The minimum atomic E-state index is -0.193. The number of nitrogens with zero attached hydrogens (tertiary/aromatic N) is 4. The molecule has 32 heavy (non-hydrogen) atoms. The van der Waals surface area contributed by atoms with E-state index in [1.807, 2.05) is 12.1 Å². The molecule has 0 N–H and O–H groups in total. The van der Waals surface area contributed by atoms with Crippen LogP contribution in [-0.4, -0.2) is 57.4 Å². The topological polar surface area (TPSA) is 67.2 Å². The number of fused-ring (bicyclic) bond motifs is 1. The predicted octanol–water partition coefficient (Wildman–Crippen LogP) is 3.70. The summed E-state index contributed by atoms with van der Waals surface area (Å²) >= 11 is 6.74. The molecule has 9 heteroatoms. The minimum absolute atomic E-state index is 0.124. The number of pyridine rings is 1. The van der Waals surface area contributed by atoms with Crippen molar-refractivity contribution in [2.45, 2.75) is 39.0 Å². The van der Waals surface area contributed by atoms with Gasteiger partial charge in [0.15, 0.2) is 0 Å². The van der Waals surface area contributed by atoms with Crippen LogP contribution in [0.3, 0.4) is 0 Å². The minimum Gasteiger partial charge on any atom is -0.378 e. The molecule has 0 unspecified atom stereocenters. The number of unbranched alkanes of at least 4 members (excludes halogenated alkanes) is 4. The van der Waals surface area contributed by atoms with Crippen LogP contribution in [0.1, 0.15) is 44.6 Å². The van der Waals surface area contributed by atoms with Gasteiger partial charge in [0, 0.05) is 25.8 Å². The summed E-state index contributed by atoms with van der Waals surface area (Å²) < 4.78 is 7.54. The van der Waals surface area contributed by atoms with Crippen molar-refractivity contribution in [3.63, 3.8) is 0 Å². The summed E-state index contributed by atoms with van der Waals surface area (Å²) in [6, 6.07) is 5.47. The molecule has 2 fully saturated rings. The number of carbonyl (C=O) groups is 1. The predicted molar refractivity (Wildman–Crippen MR) is 133 cm³/mol. The highest BCUT2D eigenvalue weighted by Gasteiger charge is 2.32. The maximum absolute atomic E-state index is 13.4. The first-order chi connectivity index (χ1) is 15.6. The average Bonchev–Trinajstić information content (AvgIpc) is 3.08. The smallest absolute Gasteiger partial charge is 0.267 e. The Morgan fingerprint density at radius 2 is 1.94 bits per heavy atom. The van der Waals surface area contributed by atoms with Crippen molar-refractivity contribution in [3.05, 3.63) is 45.2 Å². The number of amides is 1. The highest BCUT2D eigenvalue weighted by molar-refractivity contribution is 8.26. The van der Waals surface area contributed by atoms with Gasteiger partial charge in [-0.25, -0.2) is 4.98 Å². The third kappa shape index (κ3) is 4.89. The molecule has 0 atom stereocenters. The maximum Gasteiger partial charge on any atom is 0.267 e. The fourth-order valence-corrected chi connectivity index (χ4v) is 5.22. The van der Waals surface area contributed by atoms with Crippen molar-refractivity contribution < 1.29 is 9.53 Å². The van der Waals surface area contributed by atoms with E-state index < -0.39 is 0 Å². The van der Waals surface area contributed by atoms with Gasteiger partial charge in [0.05, 0.1) is 23.7 Å². The highest BCUT2D eigenvalue weighted by atomic mass is 32.2. The van der Waals surface area contributed by atoms with Gasteiger partial charge in [-0.2, -0.15) is 0 Å². The van der Waals surface area contributed by atoms with Gasteiger partial charge in [-0.15, -0.1) is 0 Å². The zero-order valence-corrected chi connectivity index (χ0v) is 19.9. The van der Waals surface area contributed by atoms with Crippen molar-refractivity contribution in [1.29, 1.82) is 0 Å². The second kappa shape index (κ2) is 10.6. The molecule has 170 valence electrons. The third-order valence-electron chi connectivity index (χ3n) is 5.69. The molecule has 0 aromatic carbocycles. The molecule has 2 aromatic heterocycles. The van der Waals surface area contributed by atoms with Gasteiger partial charge in [-0.3, -0.25) is 18.9 Å². The van der Waals surface area contributed by atoms with Crippen LogP contribution in [0.25, 0.3) is 11.7 Å². The lowest BCUT2D eigenvalue weighted by atomic mass is 10.1. The average molecular weight is 473 g/mol. The summed E-state index contributed by atoms with van der Waals surface area (Å²) in [6.07, 6.45) is 8.96. The quantitative estimate of drug-likeness (QED) is 0.330. The normalized spacial score (nSPS) is 18.3. The van der Waals surface area contributed by atoms with E-state index in [0.717, 1.165) is 12.8 Å². The number of thiocarbonyl (C=S) groups is 1. The zero-order chi connectivity index (χ0) is 22.5. The zero-order valence-electron chi connectivity index (χ0n) is 18.3. The molecule has 2 aliphatic heterocycles. The first kappa shape index (κ1) is 22.9. The van der Waals surface area contributed by atoms with Crippen LogP contribution in [0.15, 0.2) is 34.1 Å². The number of thioether (sulfide) groups is 1. The lowest BCUT2D eigenvalue weighted by molar-refractivity contribution is -0.122. The molecule has 7 nitrogen and oxygen atoms in total. The van der Waals surface area contributed by atoms with Crippen molar-refractivity contribution in [2.75, 3.05) is 37.7 Å². The van der Waals surface area contributed by atoms with E-state index in [-0.39, 0.29) is 11.5 Å². The van der Waals surface area contributed by atoms with Crippen LogP contribution in [0.4, 0.5) is 5.82 Å². The van der Waals surface area contributed by atoms with E-state index in [1.54, 1.807) is 23.2 Å². The van der Waals surface area contributed by atoms with Gasteiger partial charge in [-0.05, 0) is 24.6 Å². The Kier molecular flexibility index (Phi) is 7.59. The number of hydrogen-bond donors (Lipinski definition) is 0. The number of anilines is 1. The Bertz CT molecular complexity index is 1090. The summed E-state index contributed by atoms with van der Waals surface area (Å²) in [4.78, 5) is 35.4. The molecule has 2 aromatic rings. The Morgan fingerprint density at radius 3 is 2.72 bits per heavy atom. The van der Waals surface area contributed by atoms with E-state index in [2.05, 4.69) is 11.8 Å². The summed E-state index contributed by atoms with van der Waals surface area (Å²) in [5.74, 6) is 0.468. The second-order valence-corrected chi connectivity index (χ2v) is 9.61.